The number of nitrogens with zero attached hydrogens (tertiary/aromatic N) is 2. The number of rotatable bonds is 3. The number of nitriles is 1. The van der Waals surface area contributed by atoms with Crippen LogP contribution in [0.3, 0.4) is 0 Å². The second-order valence-electron chi connectivity index (χ2n) is 3.20. The van der Waals surface area contributed by atoms with E-state index in [1.807, 2.05) is 6.07 Å². The van der Waals surface area contributed by atoms with Gasteiger partial charge in [0.1, 0.15) is 5.82 Å². The Kier molecular flexibility index (Phi) is 3.95. The van der Waals surface area contributed by atoms with E-state index in [2.05, 4.69) is 0 Å². The first-order valence-corrected chi connectivity index (χ1v) is 5.56. The lowest BCUT2D eigenvalue weighted by molar-refractivity contribution is 0.592. The summed E-state index contributed by atoms with van der Waals surface area (Å²) in [4.78, 5) is 0. The maximum atomic E-state index is 13.4. The van der Waals surface area contributed by atoms with Crippen LogP contribution in [0.2, 0.25) is 0 Å². The summed E-state index contributed by atoms with van der Waals surface area (Å²) in [5.41, 5.74) is 0.632. The lowest BCUT2D eigenvalue weighted by Crippen LogP contribution is -2.17. The molecule has 0 radical (unpaired) electrons. The molecule has 0 bridgehead atoms. The zero-order valence-corrected chi connectivity index (χ0v) is 9.34. The smallest absolute Gasteiger partial charge is 0.128 e. The van der Waals surface area contributed by atoms with Gasteiger partial charge in [0.25, 0.3) is 0 Å². The minimum Gasteiger partial charge on any atom is -0.242 e. The summed E-state index contributed by atoms with van der Waals surface area (Å²) < 4.78 is 26.3. The van der Waals surface area contributed by atoms with Crippen LogP contribution >= 0.6 is 0 Å². The molecule has 1 unspecified atom stereocenters. The summed E-state index contributed by atoms with van der Waals surface area (Å²) in [5, 5.41) is 8.54. The first-order chi connectivity index (χ1) is 7.04. The monoisotopic (exact) mass is 226 g/mol. The van der Waals surface area contributed by atoms with Crippen molar-refractivity contribution in [2.75, 3.05) is 14.1 Å². The van der Waals surface area contributed by atoms with Gasteiger partial charge in [-0.05, 0) is 26.2 Å². The molecule has 1 rings (SSSR count). The molecule has 80 valence electrons. The van der Waals surface area contributed by atoms with Crippen LogP contribution in [0.15, 0.2) is 18.2 Å². The molecule has 15 heavy (non-hydrogen) atoms. The summed E-state index contributed by atoms with van der Waals surface area (Å²) in [6, 6.07) is 6.01. The second kappa shape index (κ2) is 5.01. The van der Waals surface area contributed by atoms with Gasteiger partial charge in [-0.15, -0.1) is 0 Å². The Morgan fingerprint density at radius 2 is 2.20 bits per heavy atom. The van der Waals surface area contributed by atoms with Gasteiger partial charge in [-0.1, -0.05) is 6.07 Å². The predicted octanol–water partition coefficient (Wildman–Crippen LogP) is 1.42. The highest BCUT2D eigenvalue weighted by molar-refractivity contribution is 7.81. The lowest BCUT2D eigenvalue weighted by Gasteiger charge is -2.09. The van der Waals surface area contributed by atoms with Crippen LogP contribution in [0, 0.1) is 17.1 Å². The summed E-state index contributed by atoms with van der Waals surface area (Å²) in [6.45, 7) is 0. The number of hydrogen-bond donors (Lipinski definition) is 0. The second-order valence-corrected chi connectivity index (χ2v) is 4.86. The van der Waals surface area contributed by atoms with Crippen molar-refractivity contribution >= 4 is 11.0 Å². The van der Waals surface area contributed by atoms with Gasteiger partial charge in [-0.2, -0.15) is 5.26 Å². The third kappa shape index (κ3) is 3.11. The van der Waals surface area contributed by atoms with Gasteiger partial charge in [0.15, 0.2) is 0 Å². The van der Waals surface area contributed by atoms with Crippen molar-refractivity contribution in [1.29, 1.82) is 5.26 Å². The fourth-order valence-electron chi connectivity index (χ4n) is 0.996. The maximum absolute atomic E-state index is 13.4. The number of hydrogen-bond acceptors (Lipinski definition) is 2. The molecule has 0 N–H and O–H groups in total. The molecule has 1 aromatic carbocycles. The van der Waals surface area contributed by atoms with Crippen molar-refractivity contribution in [2.24, 2.45) is 0 Å². The molecule has 0 aliphatic carbocycles. The van der Waals surface area contributed by atoms with Gasteiger partial charge in [0, 0.05) is 5.56 Å². The predicted molar refractivity (Wildman–Crippen MR) is 56.6 cm³/mol. The van der Waals surface area contributed by atoms with Crippen molar-refractivity contribution in [1.82, 2.24) is 4.31 Å². The topological polar surface area (TPSA) is 44.1 Å². The van der Waals surface area contributed by atoms with E-state index in [-0.39, 0.29) is 11.3 Å². The van der Waals surface area contributed by atoms with Crippen LogP contribution < -0.4 is 0 Å². The van der Waals surface area contributed by atoms with Crippen LogP contribution in [0.25, 0.3) is 0 Å². The van der Waals surface area contributed by atoms with Gasteiger partial charge in [0.2, 0.25) is 0 Å². The lowest BCUT2D eigenvalue weighted by atomic mass is 10.1. The van der Waals surface area contributed by atoms with E-state index in [1.165, 1.54) is 16.4 Å². The molecule has 5 heteroatoms. The van der Waals surface area contributed by atoms with Crippen molar-refractivity contribution in [3.8, 4) is 6.07 Å². The highest BCUT2D eigenvalue weighted by atomic mass is 32.2. The Morgan fingerprint density at radius 3 is 2.67 bits per heavy atom. The fraction of sp³-hybridized carbons (Fsp3) is 0.300. The fourth-order valence-corrected chi connectivity index (χ4v) is 1.75. The SMILES string of the molecule is CN(C)S(=O)Cc1ccc(C#N)cc1F. The van der Waals surface area contributed by atoms with E-state index in [9.17, 15) is 8.60 Å². The molecular formula is C10H11FN2OS. The van der Waals surface area contributed by atoms with Gasteiger partial charge in [0.05, 0.1) is 28.4 Å². The molecule has 0 heterocycles. The number of halogens is 1. The van der Waals surface area contributed by atoms with Crippen LogP contribution in [-0.2, 0) is 16.7 Å². The minimum absolute atomic E-state index is 0.130. The summed E-state index contributed by atoms with van der Waals surface area (Å²) in [6.07, 6.45) is 0. The quantitative estimate of drug-likeness (QED) is 0.782. The maximum Gasteiger partial charge on any atom is 0.128 e. The third-order valence-electron chi connectivity index (χ3n) is 1.87. The Bertz CT molecular complexity index is 426. The molecule has 0 amide bonds. The first kappa shape index (κ1) is 11.8. The van der Waals surface area contributed by atoms with Gasteiger partial charge < -0.3 is 0 Å². The molecule has 0 spiro atoms. The Morgan fingerprint density at radius 1 is 1.53 bits per heavy atom. The largest absolute Gasteiger partial charge is 0.242 e. The van der Waals surface area contributed by atoms with Crippen molar-refractivity contribution in [3.05, 3.63) is 35.1 Å². The molecule has 0 saturated heterocycles. The molecule has 0 aromatic heterocycles. The summed E-state index contributed by atoms with van der Waals surface area (Å²) >= 11 is 0. The van der Waals surface area contributed by atoms with E-state index >= 15 is 0 Å². The molecular weight excluding hydrogens is 215 g/mol. The average Bonchev–Trinajstić information content (AvgIpc) is 2.20. The van der Waals surface area contributed by atoms with E-state index in [1.54, 1.807) is 14.1 Å². The van der Waals surface area contributed by atoms with E-state index in [0.29, 0.717) is 5.56 Å². The highest BCUT2D eigenvalue weighted by Crippen LogP contribution is 2.12. The summed E-state index contributed by atoms with van der Waals surface area (Å²) in [7, 11) is 2.10. The third-order valence-corrected chi connectivity index (χ3v) is 3.24. The Hall–Kier alpha value is -1.25. The first-order valence-electron chi connectivity index (χ1n) is 4.29. The highest BCUT2D eigenvalue weighted by Gasteiger charge is 2.09. The van der Waals surface area contributed by atoms with Crippen molar-refractivity contribution < 1.29 is 8.60 Å². The van der Waals surface area contributed by atoms with Crippen LogP contribution in [0.5, 0.6) is 0 Å². The van der Waals surface area contributed by atoms with Crippen LogP contribution in [0.1, 0.15) is 11.1 Å². The standard InChI is InChI=1S/C10H11FN2OS/c1-13(2)15(14)7-9-4-3-8(6-12)5-10(9)11/h3-5H,7H2,1-2H3. The Labute approximate surface area is 90.7 Å². The molecule has 0 aliphatic heterocycles. The van der Waals surface area contributed by atoms with E-state index < -0.39 is 16.8 Å². The molecule has 1 atom stereocenters. The Balaban J connectivity index is 2.89. The normalized spacial score (nSPS) is 12.5. The van der Waals surface area contributed by atoms with Gasteiger partial charge in [-0.25, -0.2) is 12.9 Å². The molecule has 0 saturated carbocycles. The summed E-state index contributed by atoms with van der Waals surface area (Å²) in [5.74, 6) is -0.353. The number of benzene rings is 1. The molecule has 0 fully saturated rings. The zero-order chi connectivity index (χ0) is 11.4. The zero-order valence-electron chi connectivity index (χ0n) is 8.53. The van der Waals surface area contributed by atoms with E-state index in [4.69, 9.17) is 5.26 Å². The van der Waals surface area contributed by atoms with E-state index in [0.717, 1.165) is 6.07 Å². The van der Waals surface area contributed by atoms with Crippen LogP contribution in [-0.4, -0.2) is 22.6 Å². The average molecular weight is 226 g/mol. The minimum atomic E-state index is -1.23. The van der Waals surface area contributed by atoms with Crippen molar-refractivity contribution in [3.63, 3.8) is 0 Å². The van der Waals surface area contributed by atoms with Gasteiger partial charge >= 0.3 is 0 Å². The van der Waals surface area contributed by atoms with Crippen LogP contribution in [0.4, 0.5) is 4.39 Å². The van der Waals surface area contributed by atoms with Crippen molar-refractivity contribution in [2.45, 2.75) is 5.75 Å². The molecule has 3 nitrogen and oxygen atoms in total. The van der Waals surface area contributed by atoms with Gasteiger partial charge in [-0.3, -0.25) is 0 Å². The molecule has 1 aromatic rings. The molecule has 0 aliphatic rings.